The van der Waals surface area contributed by atoms with Crippen LogP contribution in [0.1, 0.15) is 51.4 Å². The van der Waals surface area contributed by atoms with Crippen LogP contribution in [0.15, 0.2) is 4.52 Å². The molecule has 1 aromatic rings. The molecule has 1 saturated heterocycles. The summed E-state index contributed by atoms with van der Waals surface area (Å²) >= 11 is 1.84. The summed E-state index contributed by atoms with van der Waals surface area (Å²) in [5.74, 6) is 2.99. The van der Waals surface area contributed by atoms with E-state index in [2.05, 4.69) is 36.2 Å². The number of hydrogen-bond acceptors (Lipinski definition) is 5. The van der Waals surface area contributed by atoms with Gasteiger partial charge in [0.15, 0.2) is 5.82 Å². The van der Waals surface area contributed by atoms with Gasteiger partial charge < -0.3 is 9.84 Å². The van der Waals surface area contributed by atoms with Crippen molar-refractivity contribution in [3.63, 3.8) is 0 Å². The molecule has 17 heavy (non-hydrogen) atoms. The van der Waals surface area contributed by atoms with Gasteiger partial charge in [0.2, 0.25) is 5.89 Å². The summed E-state index contributed by atoms with van der Waals surface area (Å²) in [6.07, 6.45) is 2.47. The Hall–Kier alpha value is -0.550. The first-order valence-corrected chi connectivity index (χ1v) is 7.39. The van der Waals surface area contributed by atoms with Gasteiger partial charge in [0.25, 0.3) is 0 Å². The zero-order valence-corrected chi connectivity index (χ0v) is 11.6. The molecule has 1 aliphatic heterocycles. The molecule has 2 atom stereocenters. The van der Waals surface area contributed by atoms with Crippen LogP contribution in [0.2, 0.25) is 0 Å². The molecule has 0 amide bonds. The normalized spacial score (nSPS) is 25.4. The van der Waals surface area contributed by atoms with E-state index in [-0.39, 0.29) is 6.04 Å². The van der Waals surface area contributed by atoms with E-state index in [1.807, 2.05) is 11.8 Å². The van der Waals surface area contributed by atoms with Crippen molar-refractivity contribution in [2.45, 2.75) is 50.7 Å². The summed E-state index contributed by atoms with van der Waals surface area (Å²) < 4.78 is 5.37. The first-order valence-electron chi connectivity index (χ1n) is 6.34. The van der Waals surface area contributed by atoms with Crippen molar-refractivity contribution in [3.05, 3.63) is 11.7 Å². The molecular weight excluding hydrogens is 234 g/mol. The second kappa shape index (κ2) is 5.87. The van der Waals surface area contributed by atoms with E-state index in [4.69, 9.17) is 4.52 Å². The number of aromatic nitrogens is 2. The lowest BCUT2D eigenvalue weighted by atomic mass is 9.93. The molecule has 4 nitrogen and oxygen atoms in total. The summed E-state index contributed by atoms with van der Waals surface area (Å²) in [5, 5.41) is 8.11. The predicted octanol–water partition coefficient (Wildman–Crippen LogP) is 2.77. The summed E-state index contributed by atoms with van der Waals surface area (Å²) in [5.41, 5.74) is 0. The Balaban J connectivity index is 1.97. The molecule has 2 heterocycles. The van der Waals surface area contributed by atoms with Crippen LogP contribution in [0.5, 0.6) is 0 Å². The minimum atomic E-state index is 0.244. The highest BCUT2D eigenvalue weighted by atomic mass is 32.2. The maximum atomic E-state index is 5.37. The molecule has 1 aliphatic rings. The molecule has 0 bridgehead atoms. The molecule has 1 aromatic heterocycles. The number of hydrogen-bond donors (Lipinski definition) is 1. The van der Waals surface area contributed by atoms with E-state index in [0.29, 0.717) is 11.2 Å². The van der Waals surface area contributed by atoms with Crippen LogP contribution in [-0.4, -0.2) is 21.9 Å². The van der Waals surface area contributed by atoms with Crippen molar-refractivity contribution in [1.29, 1.82) is 0 Å². The number of thioether (sulfide) groups is 1. The third-order valence-electron chi connectivity index (χ3n) is 3.07. The molecule has 0 aromatic carbocycles. The third kappa shape index (κ3) is 3.45. The van der Waals surface area contributed by atoms with Gasteiger partial charge in [-0.2, -0.15) is 16.7 Å². The minimum Gasteiger partial charge on any atom is -0.338 e. The van der Waals surface area contributed by atoms with Gasteiger partial charge in [-0.25, -0.2) is 0 Å². The van der Waals surface area contributed by atoms with Gasteiger partial charge in [-0.1, -0.05) is 25.9 Å². The summed E-state index contributed by atoms with van der Waals surface area (Å²) in [6, 6.07) is 0.244. The van der Waals surface area contributed by atoms with Crippen LogP contribution in [0.3, 0.4) is 0 Å². The molecule has 0 spiro atoms. The Bertz CT molecular complexity index is 353. The van der Waals surface area contributed by atoms with Crippen molar-refractivity contribution >= 4 is 11.8 Å². The quantitative estimate of drug-likeness (QED) is 0.896. The fraction of sp³-hybridized carbons (Fsp3) is 0.833. The Kier molecular flexibility index (Phi) is 4.45. The standard InChI is InChI=1S/C12H21N3OS/c1-8(2)17-7-10-14-12(16-15-10)11-9(3)5-4-6-13-11/h8-9,11,13H,4-7H2,1-3H3. The number of rotatable bonds is 4. The van der Waals surface area contributed by atoms with E-state index < -0.39 is 0 Å². The van der Waals surface area contributed by atoms with Gasteiger partial charge in [0, 0.05) is 0 Å². The number of nitrogens with zero attached hydrogens (tertiary/aromatic N) is 2. The van der Waals surface area contributed by atoms with Crippen LogP contribution in [0, 0.1) is 5.92 Å². The largest absolute Gasteiger partial charge is 0.338 e. The molecule has 1 fully saturated rings. The first kappa shape index (κ1) is 12.9. The molecule has 2 rings (SSSR count). The second-order valence-corrected chi connectivity index (χ2v) is 6.52. The van der Waals surface area contributed by atoms with Crippen LogP contribution in [-0.2, 0) is 5.75 Å². The van der Waals surface area contributed by atoms with Crippen LogP contribution in [0.25, 0.3) is 0 Å². The van der Waals surface area contributed by atoms with Crippen molar-refractivity contribution in [2.24, 2.45) is 5.92 Å². The van der Waals surface area contributed by atoms with Gasteiger partial charge >= 0.3 is 0 Å². The fourth-order valence-corrected chi connectivity index (χ4v) is 2.67. The minimum absolute atomic E-state index is 0.244. The van der Waals surface area contributed by atoms with Gasteiger partial charge in [-0.3, -0.25) is 0 Å². The number of nitrogens with one attached hydrogen (secondary N) is 1. The van der Waals surface area contributed by atoms with E-state index in [1.54, 1.807) is 0 Å². The molecule has 1 N–H and O–H groups in total. The molecular formula is C12H21N3OS. The summed E-state index contributed by atoms with van der Waals surface area (Å²) in [4.78, 5) is 4.50. The number of piperidine rings is 1. The zero-order valence-electron chi connectivity index (χ0n) is 10.8. The van der Waals surface area contributed by atoms with E-state index in [0.717, 1.165) is 24.0 Å². The average molecular weight is 255 g/mol. The monoisotopic (exact) mass is 255 g/mol. The maximum absolute atomic E-state index is 5.37. The van der Waals surface area contributed by atoms with Crippen molar-refractivity contribution in [1.82, 2.24) is 15.5 Å². The van der Waals surface area contributed by atoms with E-state index >= 15 is 0 Å². The summed E-state index contributed by atoms with van der Waals surface area (Å²) in [6.45, 7) is 7.64. The zero-order chi connectivity index (χ0) is 12.3. The SMILES string of the molecule is CC(C)SCc1noc(C2NCCCC2C)n1. The van der Waals surface area contributed by atoms with Crippen LogP contribution >= 0.6 is 11.8 Å². The molecule has 0 aliphatic carbocycles. The molecule has 2 unspecified atom stereocenters. The Morgan fingerprint density at radius 2 is 2.35 bits per heavy atom. The molecule has 0 radical (unpaired) electrons. The predicted molar refractivity (Wildman–Crippen MR) is 69.9 cm³/mol. The van der Waals surface area contributed by atoms with Gasteiger partial charge in [0.1, 0.15) is 0 Å². The van der Waals surface area contributed by atoms with Crippen LogP contribution in [0.4, 0.5) is 0 Å². The van der Waals surface area contributed by atoms with Crippen molar-refractivity contribution < 1.29 is 4.52 Å². The topological polar surface area (TPSA) is 51.0 Å². The van der Waals surface area contributed by atoms with Crippen LogP contribution < -0.4 is 5.32 Å². The Labute approximate surface area is 107 Å². The van der Waals surface area contributed by atoms with E-state index in [1.165, 1.54) is 12.8 Å². The van der Waals surface area contributed by atoms with E-state index in [9.17, 15) is 0 Å². The highest BCUT2D eigenvalue weighted by molar-refractivity contribution is 7.99. The fourth-order valence-electron chi connectivity index (χ4n) is 2.07. The van der Waals surface area contributed by atoms with Gasteiger partial charge in [-0.05, 0) is 30.6 Å². The Morgan fingerprint density at radius 1 is 1.53 bits per heavy atom. The molecule has 0 saturated carbocycles. The van der Waals surface area contributed by atoms with Gasteiger partial charge in [0.05, 0.1) is 11.8 Å². The average Bonchev–Trinajstić information content (AvgIpc) is 2.75. The lowest BCUT2D eigenvalue weighted by Gasteiger charge is -2.26. The molecule has 5 heteroatoms. The highest BCUT2D eigenvalue weighted by Gasteiger charge is 2.27. The second-order valence-electron chi connectivity index (χ2n) is 4.96. The summed E-state index contributed by atoms with van der Waals surface area (Å²) in [7, 11) is 0. The van der Waals surface area contributed by atoms with Crippen molar-refractivity contribution in [2.75, 3.05) is 6.54 Å². The maximum Gasteiger partial charge on any atom is 0.244 e. The highest BCUT2D eigenvalue weighted by Crippen LogP contribution is 2.28. The smallest absolute Gasteiger partial charge is 0.244 e. The third-order valence-corrected chi connectivity index (χ3v) is 4.16. The first-order chi connectivity index (χ1) is 8.16. The van der Waals surface area contributed by atoms with Gasteiger partial charge in [-0.15, -0.1) is 0 Å². The Morgan fingerprint density at radius 3 is 3.06 bits per heavy atom. The lowest BCUT2D eigenvalue weighted by Crippen LogP contribution is -2.33. The lowest BCUT2D eigenvalue weighted by molar-refractivity contribution is 0.239. The van der Waals surface area contributed by atoms with Crippen molar-refractivity contribution in [3.8, 4) is 0 Å². The molecule has 96 valence electrons.